The van der Waals surface area contributed by atoms with Crippen LogP contribution in [0.1, 0.15) is 44.9 Å². The van der Waals surface area contributed by atoms with E-state index < -0.39 is 9.84 Å². The largest absolute Gasteiger partial charge is 0.229 e. The summed E-state index contributed by atoms with van der Waals surface area (Å²) in [7, 11) is -2.85. The van der Waals surface area contributed by atoms with Crippen LogP contribution in [-0.4, -0.2) is 19.4 Å². The van der Waals surface area contributed by atoms with E-state index in [0.717, 1.165) is 25.7 Å². The molecule has 80 valence electrons. The highest BCUT2D eigenvalue weighted by Gasteiger charge is 2.27. The second kappa shape index (κ2) is 5.35. The third-order valence-electron chi connectivity index (χ3n) is 2.78. The van der Waals surface area contributed by atoms with Gasteiger partial charge >= 0.3 is 0 Å². The predicted octanol–water partition coefficient (Wildman–Crippen LogP) is 2.04. The minimum atomic E-state index is -2.85. The Bertz CT molecular complexity index is 297. The molecule has 1 fully saturated rings. The molecule has 1 rings (SSSR count). The quantitative estimate of drug-likeness (QED) is 0.659. The standard InChI is InChI=1S/C10H17NO2S/c11-8-4-1-5-9-14(12,13)10-6-2-3-7-10/h10H,1-7,9H2. The zero-order valence-electron chi connectivity index (χ0n) is 8.41. The summed E-state index contributed by atoms with van der Waals surface area (Å²) < 4.78 is 23.4. The van der Waals surface area contributed by atoms with Gasteiger partial charge in [-0.3, -0.25) is 0 Å². The van der Waals surface area contributed by atoms with Gasteiger partial charge in [-0.1, -0.05) is 12.8 Å². The van der Waals surface area contributed by atoms with Crippen molar-refractivity contribution in [3.05, 3.63) is 0 Å². The second-order valence-electron chi connectivity index (χ2n) is 3.89. The molecule has 0 heterocycles. The van der Waals surface area contributed by atoms with Gasteiger partial charge in [0.2, 0.25) is 0 Å². The molecule has 0 radical (unpaired) electrons. The molecule has 1 saturated carbocycles. The normalized spacial score (nSPS) is 18.2. The first-order valence-corrected chi connectivity index (χ1v) is 6.97. The van der Waals surface area contributed by atoms with E-state index >= 15 is 0 Å². The van der Waals surface area contributed by atoms with Gasteiger partial charge in [0, 0.05) is 6.42 Å². The summed E-state index contributed by atoms with van der Waals surface area (Å²) in [6.45, 7) is 0. The Labute approximate surface area is 86.0 Å². The molecule has 1 aliphatic carbocycles. The molecule has 1 aliphatic rings. The summed E-state index contributed by atoms with van der Waals surface area (Å²) in [6, 6.07) is 2.03. The van der Waals surface area contributed by atoms with Crippen LogP contribution in [-0.2, 0) is 9.84 Å². The molecular weight excluding hydrogens is 198 g/mol. The number of nitrogens with zero attached hydrogens (tertiary/aromatic N) is 1. The Morgan fingerprint density at radius 2 is 1.86 bits per heavy atom. The summed E-state index contributed by atoms with van der Waals surface area (Å²) >= 11 is 0. The van der Waals surface area contributed by atoms with Crippen molar-refractivity contribution in [1.29, 1.82) is 5.26 Å². The molecule has 4 heteroatoms. The van der Waals surface area contributed by atoms with Crippen LogP contribution in [0.15, 0.2) is 0 Å². The number of nitriles is 1. The first-order chi connectivity index (χ1) is 6.67. The summed E-state index contributed by atoms with van der Waals surface area (Å²) in [6.07, 6.45) is 5.64. The summed E-state index contributed by atoms with van der Waals surface area (Å²) in [4.78, 5) is 0. The lowest BCUT2D eigenvalue weighted by molar-refractivity contribution is 0.575. The van der Waals surface area contributed by atoms with E-state index in [-0.39, 0.29) is 11.0 Å². The molecule has 14 heavy (non-hydrogen) atoms. The van der Waals surface area contributed by atoms with Gasteiger partial charge < -0.3 is 0 Å². The number of sulfone groups is 1. The lowest BCUT2D eigenvalue weighted by Crippen LogP contribution is -2.20. The summed E-state index contributed by atoms with van der Waals surface area (Å²) in [5, 5.41) is 8.23. The van der Waals surface area contributed by atoms with E-state index in [1.165, 1.54) is 0 Å². The van der Waals surface area contributed by atoms with Crippen LogP contribution in [0.25, 0.3) is 0 Å². The Balaban J connectivity index is 2.31. The Morgan fingerprint density at radius 1 is 1.21 bits per heavy atom. The van der Waals surface area contributed by atoms with Gasteiger partial charge in [-0.05, 0) is 25.7 Å². The second-order valence-corrected chi connectivity index (χ2v) is 6.29. The monoisotopic (exact) mass is 215 g/mol. The van der Waals surface area contributed by atoms with Crippen molar-refractivity contribution in [3.63, 3.8) is 0 Å². The third-order valence-corrected chi connectivity index (χ3v) is 5.12. The number of unbranched alkanes of at least 4 members (excludes halogenated alkanes) is 2. The van der Waals surface area contributed by atoms with E-state index in [2.05, 4.69) is 0 Å². The van der Waals surface area contributed by atoms with Crippen molar-refractivity contribution < 1.29 is 8.42 Å². The van der Waals surface area contributed by atoms with Crippen LogP contribution >= 0.6 is 0 Å². The zero-order chi connectivity index (χ0) is 10.4. The summed E-state index contributed by atoms with van der Waals surface area (Å²) in [5.74, 6) is 0.277. The van der Waals surface area contributed by atoms with Gasteiger partial charge in [0.25, 0.3) is 0 Å². The minimum absolute atomic E-state index is 0.0791. The first-order valence-electron chi connectivity index (χ1n) is 5.25. The van der Waals surface area contributed by atoms with Gasteiger partial charge in [0.05, 0.1) is 17.1 Å². The minimum Gasteiger partial charge on any atom is -0.229 e. The fourth-order valence-corrected chi connectivity index (χ4v) is 3.91. The van der Waals surface area contributed by atoms with E-state index in [1.807, 2.05) is 6.07 Å². The van der Waals surface area contributed by atoms with Crippen LogP contribution in [0.5, 0.6) is 0 Å². The maximum Gasteiger partial charge on any atom is 0.153 e. The van der Waals surface area contributed by atoms with Crippen molar-refractivity contribution >= 4 is 9.84 Å². The Kier molecular flexibility index (Phi) is 4.40. The highest BCUT2D eigenvalue weighted by Crippen LogP contribution is 2.25. The van der Waals surface area contributed by atoms with Crippen LogP contribution in [0.3, 0.4) is 0 Å². The van der Waals surface area contributed by atoms with E-state index in [4.69, 9.17) is 5.26 Å². The number of hydrogen-bond acceptors (Lipinski definition) is 3. The molecule has 0 aromatic rings. The molecule has 0 unspecified atom stereocenters. The van der Waals surface area contributed by atoms with E-state index in [0.29, 0.717) is 19.3 Å². The van der Waals surface area contributed by atoms with Gasteiger partial charge in [-0.25, -0.2) is 8.42 Å². The smallest absolute Gasteiger partial charge is 0.153 e. The highest BCUT2D eigenvalue weighted by molar-refractivity contribution is 7.92. The van der Waals surface area contributed by atoms with Crippen molar-refractivity contribution in [3.8, 4) is 6.07 Å². The molecule has 0 amide bonds. The van der Waals surface area contributed by atoms with Gasteiger partial charge in [0.15, 0.2) is 9.84 Å². The van der Waals surface area contributed by atoms with Crippen molar-refractivity contribution in [1.82, 2.24) is 0 Å². The lowest BCUT2D eigenvalue weighted by Gasteiger charge is -2.09. The van der Waals surface area contributed by atoms with Gasteiger partial charge in [-0.2, -0.15) is 5.26 Å². The lowest BCUT2D eigenvalue weighted by atomic mass is 10.3. The molecule has 0 bridgehead atoms. The molecule has 0 atom stereocenters. The van der Waals surface area contributed by atoms with Crippen molar-refractivity contribution in [2.24, 2.45) is 0 Å². The summed E-state index contributed by atoms with van der Waals surface area (Å²) in [5.41, 5.74) is 0. The molecular formula is C10H17NO2S. The highest BCUT2D eigenvalue weighted by atomic mass is 32.2. The molecule has 0 saturated heterocycles. The van der Waals surface area contributed by atoms with Crippen LogP contribution in [0.2, 0.25) is 0 Å². The SMILES string of the molecule is N#CCCCCS(=O)(=O)C1CCCC1. The van der Waals surface area contributed by atoms with Crippen LogP contribution in [0.4, 0.5) is 0 Å². The van der Waals surface area contributed by atoms with Crippen molar-refractivity contribution in [2.75, 3.05) is 5.75 Å². The molecule has 0 aromatic heterocycles. The fraction of sp³-hybridized carbons (Fsp3) is 0.900. The Hall–Kier alpha value is -0.560. The topological polar surface area (TPSA) is 57.9 Å². The van der Waals surface area contributed by atoms with E-state index in [1.54, 1.807) is 0 Å². The maximum absolute atomic E-state index is 11.7. The van der Waals surface area contributed by atoms with E-state index in [9.17, 15) is 8.42 Å². The predicted molar refractivity (Wildman–Crippen MR) is 55.5 cm³/mol. The fourth-order valence-electron chi connectivity index (χ4n) is 1.92. The molecule has 0 N–H and O–H groups in total. The Morgan fingerprint density at radius 3 is 2.43 bits per heavy atom. The van der Waals surface area contributed by atoms with Crippen LogP contribution in [0, 0.1) is 11.3 Å². The van der Waals surface area contributed by atoms with Gasteiger partial charge in [0.1, 0.15) is 0 Å². The van der Waals surface area contributed by atoms with Crippen LogP contribution < -0.4 is 0 Å². The van der Waals surface area contributed by atoms with Crippen molar-refractivity contribution in [2.45, 2.75) is 50.2 Å². The maximum atomic E-state index is 11.7. The number of rotatable bonds is 5. The van der Waals surface area contributed by atoms with Gasteiger partial charge in [-0.15, -0.1) is 0 Å². The first kappa shape index (κ1) is 11.5. The number of hydrogen-bond donors (Lipinski definition) is 0. The third kappa shape index (κ3) is 3.30. The molecule has 0 aliphatic heterocycles. The average molecular weight is 215 g/mol. The average Bonchev–Trinajstić information content (AvgIpc) is 2.65. The molecule has 0 spiro atoms. The molecule has 0 aromatic carbocycles. The molecule has 3 nitrogen and oxygen atoms in total. The zero-order valence-corrected chi connectivity index (χ0v) is 9.22.